The molecule has 0 spiro atoms. The Hall–Kier alpha value is -1.06. The molecule has 0 bridgehead atoms. The van der Waals surface area contributed by atoms with Gasteiger partial charge < -0.3 is 10.0 Å². The summed E-state index contributed by atoms with van der Waals surface area (Å²) in [6.07, 6.45) is 5.20. The lowest BCUT2D eigenvalue weighted by atomic mass is 9.90. The van der Waals surface area contributed by atoms with Crippen molar-refractivity contribution in [2.45, 2.75) is 25.7 Å². The maximum atomic E-state index is 9.00. The summed E-state index contributed by atoms with van der Waals surface area (Å²) < 4.78 is 0. The Kier molecular flexibility index (Phi) is 4.04. The van der Waals surface area contributed by atoms with Crippen molar-refractivity contribution in [2.24, 2.45) is 0 Å². The van der Waals surface area contributed by atoms with Gasteiger partial charge in [-0.3, -0.25) is 4.90 Å². The number of benzene rings is 1. The van der Waals surface area contributed by atoms with Crippen molar-refractivity contribution in [3.05, 3.63) is 29.3 Å². The highest BCUT2D eigenvalue weighted by molar-refractivity contribution is 5.58. The van der Waals surface area contributed by atoms with E-state index in [2.05, 4.69) is 28.0 Å². The molecule has 3 nitrogen and oxygen atoms in total. The van der Waals surface area contributed by atoms with Gasteiger partial charge in [0.25, 0.3) is 0 Å². The molecule has 19 heavy (non-hydrogen) atoms. The standard InChI is InChI=1S/C16H24N2O/c19-13-12-17-8-10-18(11-9-17)16-7-3-5-14-4-1-2-6-15(14)16/h3,5,7,19H,1-2,4,6,8-13H2. The van der Waals surface area contributed by atoms with E-state index in [1.54, 1.807) is 11.1 Å². The molecular formula is C16H24N2O. The molecule has 1 aromatic rings. The Morgan fingerprint density at radius 3 is 2.58 bits per heavy atom. The van der Waals surface area contributed by atoms with Crippen LogP contribution < -0.4 is 4.90 Å². The summed E-state index contributed by atoms with van der Waals surface area (Å²) in [6, 6.07) is 6.82. The first-order valence-corrected chi connectivity index (χ1v) is 7.57. The highest BCUT2D eigenvalue weighted by Gasteiger charge is 2.21. The largest absolute Gasteiger partial charge is 0.395 e. The van der Waals surface area contributed by atoms with Gasteiger partial charge in [0.05, 0.1) is 6.61 Å². The van der Waals surface area contributed by atoms with Crippen molar-refractivity contribution in [1.82, 2.24) is 4.90 Å². The van der Waals surface area contributed by atoms with E-state index >= 15 is 0 Å². The van der Waals surface area contributed by atoms with Crippen molar-refractivity contribution < 1.29 is 5.11 Å². The maximum absolute atomic E-state index is 9.00. The van der Waals surface area contributed by atoms with Crippen LogP contribution in [0.3, 0.4) is 0 Å². The second kappa shape index (κ2) is 5.93. The van der Waals surface area contributed by atoms with Crippen LogP contribution in [0.15, 0.2) is 18.2 Å². The molecule has 0 atom stereocenters. The minimum Gasteiger partial charge on any atom is -0.395 e. The molecule has 1 aliphatic heterocycles. The van der Waals surface area contributed by atoms with Crippen molar-refractivity contribution in [3.8, 4) is 0 Å². The first-order chi connectivity index (χ1) is 9.38. The second-order valence-electron chi connectivity index (χ2n) is 5.67. The Morgan fingerprint density at radius 1 is 1.00 bits per heavy atom. The molecule has 3 heteroatoms. The molecular weight excluding hydrogens is 236 g/mol. The van der Waals surface area contributed by atoms with Gasteiger partial charge in [-0.1, -0.05) is 12.1 Å². The topological polar surface area (TPSA) is 26.7 Å². The first kappa shape index (κ1) is 12.9. The zero-order valence-electron chi connectivity index (χ0n) is 11.6. The summed E-state index contributed by atoms with van der Waals surface area (Å²) in [7, 11) is 0. The van der Waals surface area contributed by atoms with Crippen LogP contribution in [0.4, 0.5) is 5.69 Å². The number of fused-ring (bicyclic) bond motifs is 1. The highest BCUT2D eigenvalue weighted by atomic mass is 16.3. The van der Waals surface area contributed by atoms with Crippen LogP contribution in [-0.2, 0) is 12.8 Å². The molecule has 0 aromatic heterocycles. The molecule has 0 radical (unpaired) electrons. The van der Waals surface area contributed by atoms with Gasteiger partial charge in [0.15, 0.2) is 0 Å². The number of hydrogen-bond donors (Lipinski definition) is 1. The van der Waals surface area contributed by atoms with Crippen LogP contribution in [0.5, 0.6) is 0 Å². The summed E-state index contributed by atoms with van der Waals surface area (Å²) in [5.74, 6) is 0. The van der Waals surface area contributed by atoms with Crippen molar-refractivity contribution in [1.29, 1.82) is 0 Å². The molecule has 1 saturated heterocycles. The van der Waals surface area contributed by atoms with Crippen LogP contribution in [0.25, 0.3) is 0 Å². The lowest BCUT2D eigenvalue weighted by Crippen LogP contribution is -2.47. The Morgan fingerprint density at radius 2 is 1.79 bits per heavy atom. The predicted molar refractivity (Wildman–Crippen MR) is 78.8 cm³/mol. The van der Waals surface area contributed by atoms with Crippen molar-refractivity contribution >= 4 is 5.69 Å². The molecule has 2 aliphatic rings. The number of aliphatic hydroxyl groups excluding tert-OH is 1. The molecule has 0 saturated carbocycles. The van der Waals surface area contributed by atoms with Gasteiger partial charge in [0.2, 0.25) is 0 Å². The van der Waals surface area contributed by atoms with Crippen LogP contribution in [0.2, 0.25) is 0 Å². The van der Waals surface area contributed by atoms with E-state index in [9.17, 15) is 0 Å². The minimum atomic E-state index is 0.279. The fourth-order valence-electron chi connectivity index (χ4n) is 3.41. The van der Waals surface area contributed by atoms with Gasteiger partial charge in [-0.25, -0.2) is 0 Å². The number of aliphatic hydroxyl groups is 1. The summed E-state index contributed by atoms with van der Waals surface area (Å²) in [4.78, 5) is 4.89. The van der Waals surface area contributed by atoms with E-state index < -0.39 is 0 Å². The zero-order chi connectivity index (χ0) is 13.1. The van der Waals surface area contributed by atoms with Crippen LogP contribution in [0.1, 0.15) is 24.0 Å². The van der Waals surface area contributed by atoms with Gasteiger partial charge >= 0.3 is 0 Å². The lowest BCUT2D eigenvalue weighted by molar-refractivity contribution is 0.188. The third kappa shape index (κ3) is 2.77. The summed E-state index contributed by atoms with van der Waals surface area (Å²) >= 11 is 0. The van der Waals surface area contributed by atoms with E-state index in [1.807, 2.05) is 0 Å². The normalized spacial score (nSPS) is 20.4. The van der Waals surface area contributed by atoms with Gasteiger partial charge in [-0.15, -0.1) is 0 Å². The van der Waals surface area contributed by atoms with E-state index in [0.717, 1.165) is 32.7 Å². The average molecular weight is 260 g/mol. The number of anilines is 1. The summed E-state index contributed by atoms with van der Waals surface area (Å²) in [5, 5.41) is 9.00. The van der Waals surface area contributed by atoms with E-state index in [1.165, 1.54) is 31.4 Å². The van der Waals surface area contributed by atoms with Crippen molar-refractivity contribution in [3.63, 3.8) is 0 Å². The van der Waals surface area contributed by atoms with E-state index in [4.69, 9.17) is 5.11 Å². The van der Waals surface area contributed by atoms with Gasteiger partial charge in [-0.05, 0) is 42.9 Å². The number of piperazine rings is 1. The van der Waals surface area contributed by atoms with E-state index in [-0.39, 0.29) is 6.61 Å². The molecule has 0 unspecified atom stereocenters. The quantitative estimate of drug-likeness (QED) is 0.896. The predicted octanol–water partition coefficient (Wildman–Crippen LogP) is 1.68. The van der Waals surface area contributed by atoms with Crippen LogP contribution >= 0.6 is 0 Å². The zero-order valence-corrected chi connectivity index (χ0v) is 11.6. The fraction of sp³-hybridized carbons (Fsp3) is 0.625. The summed E-state index contributed by atoms with van der Waals surface area (Å²) in [6.45, 7) is 5.43. The van der Waals surface area contributed by atoms with Crippen LogP contribution in [0, 0.1) is 0 Å². The van der Waals surface area contributed by atoms with Crippen LogP contribution in [-0.4, -0.2) is 49.3 Å². The first-order valence-electron chi connectivity index (χ1n) is 7.57. The molecule has 1 aliphatic carbocycles. The molecule has 1 N–H and O–H groups in total. The average Bonchev–Trinajstić information content (AvgIpc) is 2.48. The number of aryl methyl sites for hydroxylation is 1. The number of nitrogens with zero attached hydrogens (tertiary/aromatic N) is 2. The Labute approximate surface area is 115 Å². The molecule has 104 valence electrons. The summed E-state index contributed by atoms with van der Waals surface area (Å²) in [5.41, 5.74) is 4.65. The third-order valence-electron chi connectivity index (χ3n) is 4.50. The number of hydrogen-bond acceptors (Lipinski definition) is 3. The third-order valence-corrected chi connectivity index (χ3v) is 4.50. The second-order valence-corrected chi connectivity index (χ2v) is 5.67. The smallest absolute Gasteiger partial charge is 0.0558 e. The van der Waals surface area contributed by atoms with Gasteiger partial charge in [-0.2, -0.15) is 0 Å². The maximum Gasteiger partial charge on any atom is 0.0558 e. The number of β-amino-alcohol motifs (C(OH)–C–C–N with tert-alkyl or cyclic N) is 1. The fourth-order valence-corrected chi connectivity index (χ4v) is 3.41. The lowest BCUT2D eigenvalue weighted by Gasteiger charge is -2.37. The highest BCUT2D eigenvalue weighted by Crippen LogP contribution is 2.30. The Bertz CT molecular complexity index is 425. The van der Waals surface area contributed by atoms with E-state index in [0.29, 0.717) is 0 Å². The molecule has 1 aromatic carbocycles. The minimum absolute atomic E-state index is 0.279. The Balaban J connectivity index is 1.73. The molecule has 0 amide bonds. The van der Waals surface area contributed by atoms with Gasteiger partial charge in [0.1, 0.15) is 0 Å². The molecule has 3 rings (SSSR count). The molecule has 1 fully saturated rings. The SMILES string of the molecule is OCCN1CCN(c2cccc3c2CCCC3)CC1. The monoisotopic (exact) mass is 260 g/mol. The number of rotatable bonds is 3. The van der Waals surface area contributed by atoms with Gasteiger partial charge in [0, 0.05) is 38.4 Å². The van der Waals surface area contributed by atoms with Crippen molar-refractivity contribution in [2.75, 3.05) is 44.2 Å². The molecule has 1 heterocycles.